The first-order chi connectivity index (χ1) is 12.1. The van der Waals surface area contributed by atoms with Crippen LogP contribution in [-0.2, 0) is 17.5 Å². The van der Waals surface area contributed by atoms with E-state index in [0.717, 1.165) is 17.7 Å². The highest BCUT2D eigenvalue weighted by molar-refractivity contribution is 5.88. The molecule has 0 aliphatic rings. The number of phenolic OH excluding ortho intramolecular Hbond substituents is 1. The summed E-state index contributed by atoms with van der Waals surface area (Å²) in [7, 11) is 1.60. The number of alkyl halides is 3. The number of hydrogen-bond donors (Lipinski definition) is 1. The topological polar surface area (TPSA) is 40.5 Å². The molecule has 0 fully saturated rings. The van der Waals surface area contributed by atoms with Gasteiger partial charge in [-0.1, -0.05) is 36.4 Å². The van der Waals surface area contributed by atoms with Gasteiger partial charge in [0, 0.05) is 19.2 Å². The van der Waals surface area contributed by atoms with E-state index in [9.17, 15) is 23.1 Å². The highest BCUT2D eigenvalue weighted by Gasteiger charge is 2.30. The third-order valence-electron chi connectivity index (χ3n) is 4.05. The predicted molar refractivity (Wildman–Crippen MR) is 94.4 cm³/mol. The lowest BCUT2D eigenvalue weighted by Crippen LogP contribution is -2.26. The lowest BCUT2D eigenvalue weighted by molar-refractivity contribution is -0.137. The zero-order valence-electron chi connectivity index (χ0n) is 14.6. The summed E-state index contributed by atoms with van der Waals surface area (Å²) in [5.41, 5.74) is 1.77. The number of benzene rings is 2. The van der Waals surface area contributed by atoms with Gasteiger partial charge in [-0.25, -0.2) is 0 Å². The first-order valence-electron chi connectivity index (χ1n) is 7.96. The maximum atomic E-state index is 12.6. The van der Waals surface area contributed by atoms with Crippen LogP contribution in [0.3, 0.4) is 0 Å². The number of halogens is 3. The molecule has 1 N–H and O–H groups in total. The summed E-state index contributed by atoms with van der Waals surface area (Å²) in [4.78, 5) is 13.8. The molecule has 0 atom stereocenters. The first-order valence-corrected chi connectivity index (χ1v) is 7.96. The molecule has 0 unspecified atom stereocenters. The SMILES string of the molecule is C=C(CC(=O)N(C)Cc1cc(C)ccc1O)c1ccc(C(F)(F)F)cc1. The minimum atomic E-state index is -4.40. The Morgan fingerprint density at radius 2 is 1.77 bits per heavy atom. The van der Waals surface area contributed by atoms with Crippen molar-refractivity contribution < 1.29 is 23.1 Å². The molecule has 0 saturated carbocycles. The smallest absolute Gasteiger partial charge is 0.416 e. The summed E-state index contributed by atoms with van der Waals surface area (Å²) in [6, 6.07) is 9.70. The van der Waals surface area contributed by atoms with Crippen LogP contribution in [0, 0.1) is 6.92 Å². The van der Waals surface area contributed by atoms with E-state index in [4.69, 9.17) is 0 Å². The third kappa shape index (κ3) is 4.88. The quantitative estimate of drug-likeness (QED) is 0.830. The van der Waals surface area contributed by atoms with Crippen LogP contribution in [-0.4, -0.2) is 23.0 Å². The molecular weight excluding hydrogens is 343 g/mol. The zero-order valence-corrected chi connectivity index (χ0v) is 14.6. The highest BCUT2D eigenvalue weighted by atomic mass is 19.4. The number of amides is 1. The van der Waals surface area contributed by atoms with Crippen LogP contribution in [0.15, 0.2) is 49.0 Å². The molecule has 0 aromatic heterocycles. The Labute approximate surface area is 150 Å². The maximum Gasteiger partial charge on any atom is 0.416 e. The molecule has 0 spiro atoms. The van der Waals surface area contributed by atoms with E-state index in [2.05, 4.69) is 6.58 Å². The van der Waals surface area contributed by atoms with Crippen molar-refractivity contribution in [3.05, 3.63) is 71.3 Å². The molecule has 0 aliphatic carbocycles. The molecule has 6 heteroatoms. The van der Waals surface area contributed by atoms with Crippen molar-refractivity contribution >= 4 is 11.5 Å². The van der Waals surface area contributed by atoms with Crippen molar-refractivity contribution in [1.29, 1.82) is 0 Å². The summed E-state index contributed by atoms with van der Waals surface area (Å²) in [6.45, 7) is 5.91. The number of rotatable bonds is 5. The number of hydrogen-bond acceptors (Lipinski definition) is 2. The molecule has 0 bridgehead atoms. The molecule has 26 heavy (non-hydrogen) atoms. The predicted octanol–water partition coefficient (Wildman–Crippen LogP) is 4.78. The van der Waals surface area contributed by atoms with Crippen LogP contribution in [0.25, 0.3) is 5.57 Å². The van der Waals surface area contributed by atoms with Crippen LogP contribution < -0.4 is 0 Å². The van der Waals surface area contributed by atoms with Crippen LogP contribution in [0.4, 0.5) is 13.2 Å². The maximum absolute atomic E-state index is 12.6. The Hall–Kier alpha value is -2.76. The van der Waals surface area contributed by atoms with E-state index in [1.807, 2.05) is 6.92 Å². The highest BCUT2D eigenvalue weighted by Crippen LogP contribution is 2.30. The average Bonchev–Trinajstić information content (AvgIpc) is 2.57. The fourth-order valence-electron chi connectivity index (χ4n) is 2.50. The van der Waals surface area contributed by atoms with Gasteiger partial charge < -0.3 is 10.0 Å². The first kappa shape index (κ1) is 19.6. The van der Waals surface area contributed by atoms with E-state index in [0.29, 0.717) is 16.7 Å². The van der Waals surface area contributed by atoms with Crippen molar-refractivity contribution in [2.24, 2.45) is 0 Å². The van der Waals surface area contributed by atoms with Crippen LogP contribution in [0.2, 0.25) is 0 Å². The Kier molecular flexibility index (Phi) is 5.75. The number of aromatic hydroxyl groups is 1. The second-order valence-corrected chi connectivity index (χ2v) is 6.24. The molecule has 2 rings (SSSR count). The molecule has 138 valence electrons. The fraction of sp³-hybridized carbons (Fsp3) is 0.250. The largest absolute Gasteiger partial charge is 0.508 e. The molecular formula is C20H20F3NO2. The van der Waals surface area contributed by atoms with E-state index in [1.54, 1.807) is 25.2 Å². The van der Waals surface area contributed by atoms with Gasteiger partial charge in [-0.05, 0) is 36.3 Å². The van der Waals surface area contributed by atoms with Gasteiger partial charge in [0.2, 0.25) is 5.91 Å². The van der Waals surface area contributed by atoms with Gasteiger partial charge in [0.1, 0.15) is 5.75 Å². The summed E-state index contributed by atoms with van der Waals surface area (Å²) in [5, 5.41) is 9.87. The van der Waals surface area contributed by atoms with E-state index >= 15 is 0 Å². The van der Waals surface area contributed by atoms with Gasteiger partial charge in [-0.2, -0.15) is 13.2 Å². The van der Waals surface area contributed by atoms with Crippen molar-refractivity contribution in [2.75, 3.05) is 7.05 Å². The molecule has 2 aromatic rings. The fourth-order valence-corrected chi connectivity index (χ4v) is 2.50. The molecule has 0 heterocycles. The van der Waals surface area contributed by atoms with Crippen molar-refractivity contribution in [1.82, 2.24) is 4.90 Å². The number of aryl methyl sites for hydroxylation is 1. The lowest BCUT2D eigenvalue weighted by atomic mass is 10.0. The van der Waals surface area contributed by atoms with E-state index in [1.165, 1.54) is 17.0 Å². The van der Waals surface area contributed by atoms with Gasteiger partial charge >= 0.3 is 6.18 Å². The number of nitrogens with zero attached hydrogens (tertiary/aromatic N) is 1. The molecule has 2 aromatic carbocycles. The number of carbonyl (C=O) groups excluding carboxylic acids is 1. The lowest BCUT2D eigenvalue weighted by Gasteiger charge is -2.19. The summed E-state index contributed by atoms with van der Waals surface area (Å²) < 4.78 is 37.8. The van der Waals surface area contributed by atoms with Crippen LogP contribution in [0.5, 0.6) is 5.75 Å². The molecule has 0 aliphatic heterocycles. The molecule has 0 saturated heterocycles. The van der Waals surface area contributed by atoms with Gasteiger partial charge in [-0.15, -0.1) is 0 Å². The van der Waals surface area contributed by atoms with Gasteiger partial charge in [0.25, 0.3) is 0 Å². The van der Waals surface area contributed by atoms with Crippen molar-refractivity contribution in [3.8, 4) is 5.75 Å². The average molecular weight is 363 g/mol. The molecule has 3 nitrogen and oxygen atoms in total. The van der Waals surface area contributed by atoms with Crippen molar-refractivity contribution in [2.45, 2.75) is 26.1 Å². The Morgan fingerprint density at radius 1 is 1.15 bits per heavy atom. The van der Waals surface area contributed by atoms with Gasteiger partial charge in [0.05, 0.1) is 12.0 Å². The monoisotopic (exact) mass is 363 g/mol. The second-order valence-electron chi connectivity index (χ2n) is 6.24. The second kappa shape index (κ2) is 7.64. The van der Waals surface area contributed by atoms with Gasteiger partial charge in [0.15, 0.2) is 0 Å². The molecule has 1 amide bonds. The van der Waals surface area contributed by atoms with Crippen LogP contribution in [0.1, 0.15) is 28.7 Å². The minimum Gasteiger partial charge on any atom is -0.508 e. The minimum absolute atomic E-state index is 0.0194. The Bertz CT molecular complexity index is 811. The Morgan fingerprint density at radius 3 is 2.35 bits per heavy atom. The standard InChI is InChI=1S/C20H20F3NO2/c1-13-4-9-18(25)16(10-13)12-24(3)19(26)11-14(2)15-5-7-17(8-6-15)20(21,22)23/h4-10,25H,2,11-12H2,1,3H3. The Balaban J connectivity index is 2.02. The summed E-state index contributed by atoms with van der Waals surface area (Å²) in [6.07, 6.45) is -4.42. The third-order valence-corrected chi connectivity index (χ3v) is 4.05. The summed E-state index contributed by atoms with van der Waals surface area (Å²) >= 11 is 0. The van der Waals surface area contributed by atoms with E-state index in [-0.39, 0.29) is 24.6 Å². The number of phenols is 1. The van der Waals surface area contributed by atoms with Crippen LogP contribution >= 0.6 is 0 Å². The van der Waals surface area contributed by atoms with E-state index < -0.39 is 11.7 Å². The van der Waals surface area contributed by atoms with Gasteiger partial charge in [-0.3, -0.25) is 4.79 Å². The number of carbonyl (C=O) groups is 1. The normalized spacial score (nSPS) is 11.3. The summed E-state index contributed by atoms with van der Waals surface area (Å²) in [5.74, 6) is -0.132. The zero-order chi connectivity index (χ0) is 19.5. The van der Waals surface area contributed by atoms with Crippen molar-refractivity contribution in [3.63, 3.8) is 0 Å². The molecule has 0 radical (unpaired) electrons.